The molecule has 1 heterocycles. The Labute approximate surface area is 86.7 Å². The van der Waals surface area contributed by atoms with Gasteiger partial charge in [0.1, 0.15) is 5.15 Å². The van der Waals surface area contributed by atoms with Gasteiger partial charge in [-0.2, -0.15) is 0 Å². The smallest absolute Gasteiger partial charge is 0.287 e. The lowest BCUT2D eigenvalue weighted by Gasteiger charge is -2.12. The first-order valence-electron chi connectivity index (χ1n) is 4.33. The van der Waals surface area contributed by atoms with E-state index in [0.717, 1.165) is 4.57 Å². The zero-order chi connectivity index (χ0) is 11.0. The van der Waals surface area contributed by atoms with Crippen LogP contribution in [0.4, 0.5) is 0 Å². The molecule has 0 amide bonds. The predicted molar refractivity (Wildman–Crippen MR) is 56.0 cm³/mol. The zero-order valence-corrected chi connectivity index (χ0v) is 9.42. The number of hydrogen-bond donors (Lipinski definition) is 0. The third-order valence-electron chi connectivity index (χ3n) is 2.20. The Morgan fingerprint density at radius 2 is 1.64 bits per heavy atom. The fourth-order valence-electron chi connectivity index (χ4n) is 1.33. The standard InChI is InChI=1S/C9H13ClN2O2/c1-5(2)6-7(10)11(3)9(14)12(4)8(6)13/h5H,1-4H3. The van der Waals surface area contributed by atoms with Crippen LogP contribution in [0.3, 0.4) is 0 Å². The lowest BCUT2D eigenvalue weighted by atomic mass is 10.1. The maximum atomic E-state index is 11.7. The molecule has 5 heteroatoms. The lowest BCUT2D eigenvalue weighted by Crippen LogP contribution is -2.39. The van der Waals surface area contributed by atoms with Gasteiger partial charge < -0.3 is 0 Å². The summed E-state index contributed by atoms with van der Waals surface area (Å²) in [5.74, 6) is 0.00741. The van der Waals surface area contributed by atoms with E-state index in [1.54, 1.807) is 7.05 Å². The second kappa shape index (κ2) is 3.61. The van der Waals surface area contributed by atoms with Crippen molar-refractivity contribution >= 4 is 11.6 Å². The summed E-state index contributed by atoms with van der Waals surface area (Å²) in [5.41, 5.74) is -0.228. The average molecular weight is 217 g/mol. The Hall–Kier alpha value is -1.03. The summed E-state index contributed by atoms with van der Waals surface area (Å²) in [7, 11) is 3.00. The first-order chi connectivity index (χ1) is 6.37. The van der Waals surface area contributed by atoms with Crippen LogP contribution in [0.1, 0.15) is 25.3 Å². The van der Waals surface area contributed by atoms with Gasteiger partial charge in [-0.15, -0.1) is 0 Å². The summed E-state index contributed by atoms with van der Waals surface area (Å²) in [6, 6.07) is 0. The van der Waals surface area contributed by atoms with Crippen LogP contribution >= 0.6 is 11.6 Å². The first-order valence-corrected chi connectivity index (χ1v) is 4.71. The highest BCUT2D eigenvalue weighted by molar-refractivity contribution is 6.30. The van der Waals surface area contributed by atoms with Crippen molar-refractivity contribution in [2.45, 2.75) is 19.8 Å². The van der Waals surface area contributed by atoms with Crippen molar-refractivity contribution in [1.29, 1.82) is 0 Å². The fourth-order valence-corrected chi connectivity index (χ4v) is 1.70. The van der Waals surface area contributed by atoms with Gasteiger partial charge in [0.25, 0.3) is 5.56 Å². The van der Waals surface area contributed by atoms with Crippen LogP contribution in [0.25, 0.3) is 0 Å². The van der Waals surface area contributed by atoms with Crippen LogP contribution in [-0.2, 0) is 14.1 Å². The van der Waals surface area contributed by atoms with Gasteiger partial charge in [0, 0.05) is 14.1 Å². The minimum Gasteiger partial charge on any atom is -0.287 e. The number of nitrogens with zero attached hydrogens (tertiary/aromatic N) is 2. The van der Waals surface area contributed by atoms with E-state index >= 15 is 0 Å². The molecule has 0 spiro atoms. The molecule has 0 bridgehead atoms. The molecule has 0 atom stereocenters. The van der Waals surface area contributed by atoms with Gasteiger partial charge in [0.05, 0.1) is 5.56 Å². The maximum Gasteiger partial charge on any atom is 0.331 e. The molecule has 1 aromatic heterocycles. The minimum absolute atomic E-state index is 0.00741. The molecule has 0 aliphatic carbocycles. The van der Waals surface area contributed by atoms with Gasteiger partial charge in [-0.05, 0) is 5.92 Å². The van der Waals surface area contributed by atoms with E-state index in [-0.39, 0.29) is 16.6 Å². The molecule has 0 unspecified atom stereocenters. The predicted octanol–water partition coefficient (Wildman–Crippen LogP) is 0.861. The van der Waals surface area contributed by atoms with E-state index in [0.29, 0.717) is 5.56 Å². The molecule has 0 aliphatic rings. The molecule has 0 saturated carbocycles. The van der Waals surface area contributed by atoms with E-state index in [1.165, 1.54) is 11.6 Å². The van der Waals surface area contributed by atoms with Crippen molar-refractivity contribution in [3.05, 3.63) is 31.6 Å². The number of hydrogen-bond acceptors (Lipinski definition) is 2. The summed E-state index contributed by atoms with van der Waals surface area (Å²) in [6.45, 7) is 3.74. The largest absolute Gasteiger partial charge is 0.331 e. The van der Waals surface area contributed by atoms with Gasteiger partial charge >= 0.3 is 5.69 Å². The molecular weight excluding hydrogens is 204 g/mol. The Kier molecular flexibility index (Phi) is 2.85. The summed E-state index contributed by atoms with van der Waals surface area (Å²) < 4.78 is 2.35. The molecule has 4 nitrogen and oxygen atoms in total. The third-order valence-corrected chi connectivity index (χ3v) is 2.66. The summed E-state index contributed by atoms with van der Waals surface area (Å²) in [4.78, 5) is 23.1. The Morgan fingerprint density at radius 3 is 2.07 bits per heavy atom. The van der Waals surface area contributed by atoms with Gasteiger partial charge in [0.2, 0.25) is 0 Å². The van der Waals surface area contributed by atoms with Crippen LogP contribution in [0.15, 0.2) is 9.59 Å². The average Bonchev–Trinajstić information content (AvgIpc) is 2.11. The molecule has 0 fully saturated rings. The Balaban J connectivity index is 3.79. The monoisotopic (exact) mass is 216 g/mol. The van der Waals surface area contributed by atoms with Crippen molar-refractivity contribution in [3.63, 3.8) is 0 Å². The van der Waals surface area contributed by atoms with E-state index in [4.69, 9.17) is 11.6 Å². The van der Waals surface area contributed by atoms with Crippen molar-refractivity contribution < 1.29 is 0 Å². The highest BCUT2D eigenvalue weighted by Gasteiger charge is 2.15. The van der Waals surface area contributed by atoms with Crippen molar-refractivity contribution in [1.82, 2.24) is 9.13 Å². The van der Waals surface area contributed by atoms with Crippen molar-refractivity contribution in [2.75, 3.05) is 0 Å². The van der Waals surface area contributed by atoms with E-state index in [2.05, 4.69) is 0 Å². The van der Waals surface area contributed by atoms with Gasteiger partial charge in [-0.1, -0.05) is 25.4 Å². The highest BCUT2D eigenvalue weighted by atomic mass is 35.5. The molecule has 0 aliphatic heterocycles. The molecule has 0 N–H and O–H groups in total. The molecule has 0 saturated heterocycles. The maximum absolute atomic E-state index is 11.7. The molecule has 0 aromatic carbocycles. The second-order valence-electron chi connectivity index (χ2n) is 3.56. The lowest BCUT2D eigenvalue weighted by molar-refractivity contribution is 0.654. The van der Waals surface area contributed by atoms with Crippen LogP contribution in [0, 0.1) is 0 Å². The molecule has 0 radical (unpaired) electrons. The Bertz CT molecular complexity index is 471. The quantitative estimate of drug-likeness (QED) is 0.654. The number of aromatic nitrogens is 2. The van der Waals surface area contributed by atoms with Gasteiger partial charge in [-0.3, -0.25) is 13.9 Å². The second-order valence-corrected chi connectivity index (χ2v) is 3.92. The van der Waals surface area contributed by atoms with Crippen LogP contribution < -0.4 is 11.2 Å². The zero-order valence-electron chi connectivity index (χ0n) is 8.67. The fraction of sp³-hybridized carbons (Fsp3) is 0.556. The van der Waals surface area contributed by atoms with E-state index < -0.39 is 5.69 Å². The molecule has 78 valence electrons. The van der Waals surface area contributed by atoms with Crippen molar-refractivity contribution in [3.8, 4) is 0 Å². The van der Waals surface area contributed by atoms with Gasteiger partial charge in [-0.25, -0.2) is 4.79 Å². The molecular formula is C9H13ClN2O2. The van der Waals surface area contributed by atoms with Crippen LogP contribution in [0.5, 0.6) is 0 Å². The van der Waals surface area contributed by atoms with Crippen molar-refractivity contribution in [2.24, 2.45) is 14.1 Å². The minimum atomic E-state index is -0.399. The topological polar surface area (TPSA) is 44.0 Å². The number of rotatable bonds is 1. The van der Waals surface area contributed by atoms with E-state index in [9.17, 15) is 9.59 Å². The van der Waals surface area contributed by atoms with Crippen LogP contribution in [-0.4, -0.2) is 9.13 Å². The van der Waals surface area contributed by atoms with E-state index in [1.807, 2.05) is 13.8 Å². The molecule has 14 heavy (non-hydrogen) atoms. The molecule has 1 aromatic rings. The normalized spacial score (nSPS) is 11.0. The van der Waals surface area contributed by atoms with Gasteiger partial charge in [0.15, 0.2) is 0 Å². The summed E-state index contributed by atoms with van der Waals surface area (Å²) in [5, 5.41) is 0.230. The SMILES string of the molecule is CC(C)c1c(Cl)n(C)c(=O)n(C)c1=O. The third kappa shape index (κ3) is 1.50. The highest BCUT2D eigenvalue weighted by Crippen LogP contribution is 2.17. The first kappa shape index (κ1) is 11.0. The summed E-state index contributed by atoms with van der Waals surface area (Å²) in [6.07, 6.45) is 0. The summed E-state index contributed by atoms with van der Waals surface area (Å²) >= 11 is 5.92. The molecule has 1 rings (SSSR count). The van der Waals surface area contributed by atoms with Crippen LogP contribution in [0.2, 0.25) is 5.15 Å². The Morgan fingerprint density at radius 1 is 1.14 bits per heavy atom. The number of halogens is 1.